The van der Waals surface area contributed by atoms with Crippen molar-refractivity contribution >= 4 is 23.3 Å². The molecule has 0 spiro atoms. The molecule has 5 nitrogen and oxygen atoms in total. The van der Waals surface area contributed by atoms with Crippen molar-refractivity contribution in [3.8, 4) is 0 Å². The summed E-state index contributed by atoms with van der Waals surface area (Å²) >= 11 is 5.95. The third kappa shape index (κ3) is 2.88. The minimum atomic E-state index is -1.02. The third-order valence-corrected chi connectivity index (χ3v) is 3.24. The zero-order valence-electron chi connectivity index (χ0n) is 10.7. The average molecular weight is 280 g/mol. The predicted molar refractivity (Wildman–Crippen MR) is 73.7 cm³/mol. The van der Waals surface area contributed by atoms with Crippen LogP contribution in [0.2, 0.25) is 5.02 Å². The van der Waals surface area contributed by atoms with Crippen LogP contribution in [0.15, 0.2) is 30.6 Å². The summed E-state index contributed by atoms with van der Waals surface area (Å²) in [6.07, 6.45) is 3.62. The highest BCUT2D eigenvalue weighted by molar-refractivity contribution is 6.33. The van der Waals surface area contributed by atoms with Crippen LogP contribution in [-0.2, 0) is 13.6 Å². The highest BCUT2D eigenvalue weighted by Crippen LogP contribution is 2.24. The van der Waals surface area contributed by atoms with Crippen LogP contribution in [0.3, 0.4) is 0 Å². The average Bonchev–Trinajstić information content (AvgIpc) is 2.74. The van der Waals surface area contributed by atoms with Gasteiger partial charge in [0.25, 0.3) is 0 Å². The van der Waals surface area contributed by atoms with E-state index in [0.29, 0.717) is 6.54 Å². The smallest absolute Gasteiger partial charge is 0.337 e. The van der Waals surface area contributed by atoms with Gasteiger partial charge in [0.1, 0.15) is 5.82 Å². The van der Waals surface area contributed by atoms with Crippen LogP contribution in [0.4, 0.5) is 5.69 Å². The Hall–Kier alpha value is -2.01. The molecule has 1 N–H and O–H groups in total. The van der Waals surface area contributed by atoms with Crippen LogP contribution < -0.4 is 4.90 Å². The molecule has 19 heavy (non-hydrogen) atoms. The van der Waals surface area contributed by atoms with E-state index in [1.54, 1.807) is 18.3 Å². The molecule has 0 fully saturated rings. The maximum atomic E-state index is 10.9. The summed E-state index contributed by atoms with van der Waals surface area (Å²) in [5.74, 6) is -0.107. The van der Waals surface area contributed by atoms with E-state index >= 15 is 0 Å². The lowest BCUT2D eigenvalue weighted by molar-refractivity contribution is 0.0697. The van der Waals surface area contributed by atoms with Gasteiger partial charge in [-0.15, -0.1) is 0 Å². The maximum Gasteiger partial charge on any atom is 0.337 e. The number of imidazole rings is 1. The zero-order chi connectivity index (χ0) is 14.0. The molecule has 100 valence electrons. The molecule has 0 aliphatic carbocycles. The van der Waals surface area contributed by atoms with Gasteiger partial charge in [0.2, 0.25) is 0 Å². The minimum absolute atomic E-state index is 0.107. The third-order valence-electron chi connectivity index (χ3n) is 2.92. The molecule has 0 radical (unpaired) electrons. The van der Waals surface area contributed by atoms with Crippen molar-refractivity contribution in [2.45, 2.75) is 6.54 Å². The molecule has 0 saturated carbocycles. The fourth-order valence-electron chi connectivity index (χ4n) is 1.77. The number of aromatic carboxylic acids is 1. The predicted octanol–water partition coefficient (Wildman–Crippen LogP) is 2.41. The molecule has 2 aromatic rings. The van der Waals surface area contributed by atoms with Gasteiger partial charge in [-0.1, -0.05) is 11.6 Å². The summed E-state index contributed by atoms with van der Waals surface area (Å²) in [5.41, 5.74) is 0.953. The first-order valence-electron chi connectivity index (χ1n) is 5.69. The fraction of sp³-hybridized carbons (Fsp3) is 0.231. The number of carboxylic acids is 1. The van der Waals surface area contributed by atoms with Gasteiger partial charge in [-0.25, -0.2) is 9.78 Å². The van der Waals surface area contributed by atoms with Crippen molar-refractivity contribution < 1.29 is 9.90 Å². The second-order valence-electron chi connectivity index (χ2n) is 4.28. The number of hydrogen-bond donors (Lipinski definition) is 1. The number of nitrogens with zero attached hydrogens (tertiary/aromatic N) is 3. The molecule has 0 unspecified atom stereocenters. The number of rotatable bonds is 4. The van der Waals surface area contributed by atoms with Gasteiger partial charge in [0, 0.05) is 32.2 Å². The van der Waals surface area contributed by atoms with Crippen molar-refractivity contribution in [3.63, 3.8) is 0 Å². The van der Waals surface area contributed by atoms with Gasteiger partial charge in [-0.2, -0.15) is 0 Å². The molecule has 0 aliphatic rings. The highest BCUT2D eigenvalue weighted by atomic mass is 35.5. The standard InChI is InChI=1S/C13H14ClN3O2/c1-16-6-5-15-12(16)8-17(2)9-3-4-10(13(18)19)11(14)7-9/h3-7H,8H2,1-2H3,(H,18,19). The van der Waals surface area contributed by atoms with E-state index in [4.69, 9.17) is 16.7 Å². The summed E-state index contributed by atoms with van der Waals surface area (Å²) in [6.45, 7) is 0.617. The number of carboxylic acid groups (broad SMARTS) is 1. The Kier molecular flexibility index (Phi) is 3.76. The van der Waals surface area contributed by atoms with E-state index in [-0.39, 0.29) is 10.6 Å². The second kappa shape index (κ2) is 5.32. The van der Waals surface area contributed by atoms with Crippen molar-refractivity contribution in [2.24, 2.45) is 7.05 Å². The van der Waals surface area contributed by atoms with Crippen LogP contribution in [0.25, 0.3) is 0 Å². The molecule has 2 rings (SSSR count). The van der Waals surface area contributed by atoms with Crippen LogP contribution >= 0.6 is 11.6 Å². The van der Waals surface area contributed by atoms with Crippen LogP contribution in [0, 0.1) is 0 Å². The van der Waals surface area contributed by atoms with Gasteiger partial charge in [0.05, 0.1) is 17.1 Å². The first kappa shape index (κ1) is 13.4. The lowest BCUT2D eigenvalue weighted by atomic mass is 10.2. The van der Waals surface area contributed by atoms with Crippen molar-refractivity contribution in [1.82, 2.24) is 9.55 Å². The SMILES string of the molecule is CN(Cc1nccn1C)c1ccc(C(=O)O)c(Cl)c1. The van der Waals surface area contributed by atoms with Gasteiger partial charge in [0.15, 0.2) is 0 Å². The Morgan fingerprint density at radius 3 is 2.79 bits per heavy atom. The first-order chi connectivity index (χ1) is 8.99. The number of benzene rings is 1. The van der Waals surface area contributed by atoms with E-state index in [0.717, 1.165) is 11.5 Å². The van der Waals surface area contributed by atoms with E-state index in [1.165, 1.54) is 6.07 Å². The fourth-order valence-corrected chi connectivity index (χ4v) is 2.02. The maximum absolute atomic E-state index is 10.9. The largest absolute Gasteiger partial charge is 0.478 e. The molecular weight excluding hydrogens is 266 g/mol. The minimum Gasteiger partial charge on any atom is -0.478 e. The molecule has 0 atom stereocenters. The highest BCUT2D eigenvalue weighted by Gasteiger charge is 2.11. The van der Waals surface area contributed by atoms with Gasteiger partial charge >= 0.3 is 5.97 Å². The van der Waals surface area contributed by atoms with E-state index in [9.17, 15) is 4.79 Å². The summed E-state index contributed by atoms with van der Waals surface area (Å²) in [5, 5.41) is 9.16. The van der Waals surface area contributed by atoms with E-state index < -0.39 is 5.97 Å². The summed E-state index contributed by atoms with van der Waals surface area (Å²) < 4.78 is 1.93. The van der Waals surface area contributed by atoms with Crippen molar-refractivity contribution in [2.75, 3.05) is 11.9 Å². The number of halogens is 1. The summed E-state index contributed by atoms with van der Waals surface area (Å²) in [7, 11) is 3.83. The number of carbonyl (C=O) groups is 1. The second-order valence-corrected chi connectivity index (χ2v) is 4.69. The Labute approximate surface area is 116 Å². The van der Waals surface area contributed by atoms with Crippen LogP contribution in [0.5, 0.6) is 0 Å². The van der Waals surface area contributed by atoms with Gasteiger partial charge < -0.3 is 14.6 Å². The van der Waals surface area contributed by atoms with Crippen molar-refractivity contribution in [1.29, 1.82) is 0 Å². The van der Waals surface area contributed by atoms with E-state index in [1.807, 2.05) is 29.8 Å². The number of aryl methyl sites for hydroxylation is 1. The quantitative estimate of drug-likeness (QED) is 0.934. The summed E-state index contributed by atoms with van der Waals surface area (Å²) in [4.78, 5) is 17.1. The van der Waals surface area contributed by atoms with Crippen LogP contribution in [0.1, 0.15) is 16.2 Å². The molecule has 0 aliphatic heterocycles. The van der Waals surface area contributed by atoms with Crippen molar-refractivity contribution in [3.05, 3.63) is 47.0 Å². The topological polar surface area (TPSA) is 58.4 Å². The molecule has 1 heterocycles. The monoisotopic (exact) mass is 279 g/mol. The first-order valence-corrected chi connectivity index (χ1v) is 6.07. The number of anilines is 1. The Balaban J connectivity index is 2.20. The normalized spacial score (nSPS) is 10.5. The molecule has 0 saturated heterocycles. The van der Waals surface area contributed by atoms with E-state index in [2.05, 4.69) is 4.98 Å². The zero-order valence-corrected chi connectivity index (χ0v) is 11.4. The Bertz CT molecular complexity index is 610. The number of aromatic nitrogens is 2. The molecule has 1 aromatic heterocycles. The van der Waals surface area contributed by atoms with Gasteiger partial charge in [-0.05, 0) is 18.2 Å². The molecule has 1 aromatic carbocycles. The Morgan fingerprint density at radius 2 is 2.26 bits per heavy atom. The summed E-state index contributed by atoms with van der Waals surface area (Å²) in [6, 6.07) is 4.89. The van der Waals surface area contributed by atoms with Gasteiger partial charge in [-0.3, -0.25) is 0 Å². The lowest BCUT2D eigenvalue weighted by Gasteiger charge is -2.19. The number of hydrogen-bond acceptors (Lipinski definition) is 3. The van der Waals surface area contributed by atoms with Crippen LogP contribution in [-0.4, -0.2) is 27.7 Å². The molecular formula is C13H14ClN3O2. The molecule has 0 amide bonds. The lowest BCUT2D eigenvalue weighted by Crippen LogP contribution is -2.19. The Morgan fingerprint density at radius 1 is 1.53 bits per heavy atom. The molecule has 6 heteroatoms. The molecule has 0 bridgehead atoms.